The molecule has 0 unspecified atom stereocenters. The summed E-state index contributed by atoms with van der Waals surface area (Å²) in [6.07, 6.45) is 4.73. The van der Waals surface area contributed by atoms with Crippen LogP contribution in [0, 0.1) is 12.7 Å². The Morgan fingerprint density at radius 3 is 2.27 bits per heavy atom. The van der Waals surface area contributed by atoms with Gasteiger partial charge in [0, 0.05) is 42.1 Å². The summed E-state index contributed by atoms with van der Waals surface area (Å²) in [5.41, 5.74) is 0. The molecule has 11 heavy (non-hydrogen) atoms. The molecule has 0 radical (unpaired) electrons. The topological polar surface area (TPSA) is 50.7 Å². The molecule has 6 heteroatoms. The summed E-state index contributed by atoms with van der Waals surface area (Å²) in [5, 5.41) is 2.88. The van der Waals surface area contributed by atoms with E-state index in [0.29, 0.717) is 5.95 Å². The summed E-state index contributed by atoms with van der Waals surface area (Å²) in [6, 6.07) is 0. The predicted molar refractivity (Wildman–Crippen MR) is 31.7 cm³/mol. The molecule has 0 aliphatic heterocycles. The number of nitrogens with zero attached hydrogens (tertiary/aromatic N) is 3. The maximum Gasteiger partial charge on any atom is 0 e. The van der Waals surface area contributed by atoms with Crippen molar-refractivity contribution in [1.82, 2.24) is 15.0 Å². The van der Waals surface area contributed by atoms with Crippen LogP contribution < -0.4 is 5.32 Å². The van der Waals surface area contributed by atoms with Crippen LogP contribution in [0.1, 0.15) is 6.92 Å². The number of rotatable bonds is 2. The van der Waals surface area contributed by atoms with Gasteiger partial charge in [0.1, 0.15) is 0 Å². The molecule has 0 amide bonds. The second-order valence-corrected chi connectivity index (χ2v) is 1.39. The quantitative estimate of drug-likeness (QED) is 0.590. The molecule has 60 valence electrons. The number of aromatic nitrogens is 3. The first-order valence-corrected chi connectivity index (χ1v) is 2.65. The van der Waals surface area contributed by atoms with Crippen molar-refractivity contribution in [2.24, 2.45) is 0 Å². The van der Waals surface area contributed by atoms with Gasteiger partial charge in [0.15, 0.2) is 0 Å². The van der Waals surface area contributed by atoms with E-state index in [-0.39, 0.29) is 42.1 Å². The van der Waals surface area contributed by atoms with Gasteiger partial charge in [-0.1, -0.05) is 0 Å². The molecule has 0 aromatic carbocycles. The first-order valence-electron chi connectivity index (χ1n) is 2.65. The van der Waals surface area contributed by atoms with E-state index in [2.05, 4.69) is 32.9 Å². The molecule has 4 nitrogen and oxygen atoms in total. The maximum atomic E-state index is 3.68. The Kier molecular flexibility index (Phi) is 10.4. The molecule has 0 saturated heterocycles. The Labute approximate surface area is 94.1 Å². The van der Waals surface area contributed by atoms with Gasteiger partial charge in [-0.05, 0) is 19.4 Å². The molecule has 0 saturated carbocycles. The van der Waals surface area contributed by atoms with Crippen LogP contribution in [-0.2, 0) is 42.1 Å². The predicted octanol–water partition coefficient (Wildman–Crippen LogP) is -0.101. The fourth-order valence-electron chi connectivity index (χ4n) is 0.429. The van der Waals surface area contributed by atoms with Crippen molar-refractivity contribution >= 4 is 5.95 Å². The van der Waals surface area contributed by atoms with Gasteiger partial charge in [0.25, 0.3) is 0 Å². The van der Waals surface area contributed by atoms with E-state index in [1.807, 2.05) is 6.92 Å². The van der Waals surface area contributed by atoms with E-state index in [1.165, 1.54) is 0 Å². The van der Waals surface area contributed by atoms with Gasteiger partial charge in [-0.15, -0.1) is 0 Å². The zero-order valence-corrected chi connectivity index (χ0v) is 11.7. The molecule has 0 spiro atoms. The second kappa shape index (κ2) is 8.28. The van der Waals surface area contributed by atoms with Crippen molar-refractivity contribution < 1.29 is 42.1 Å². The average molecular weight is 490 g/mol. The SMILES string of the molecule is CCNc1n[c-]n[c-]n1.[W].[W]. The Hall–Kier alpha value is 0.187. The molecule has 0 aliphatic carbocycles. The van der Waals surface area contributed by atoms with Crippen molar-refractivity contribution in [3.63, 3.8) is 0 Å². The molecule has 0 aliphatic rings. The van der Waals surface area contributed by atoms with E-state index < -0.39 is 0 Å². The van der Waals surface area contributed by atoms with Crippen LogP contribution in [0.3, 0.4) is 0 Å². The summed E-state index contributed by atoms with van der Waals surface area (Å²) < 4.78 is 0. The third kappa shape index (κ3) is 5.46. The van der Waals surface area contributed by atoms with Gasteiger partial charge in [-0.25, -0.2) is 0 Å². The summed E-state index contributed by atoms with van der Waals surface area (Å²) >= 11 is 0. The van der Waals surface area contributed by atoms with E-state index in [4.69, 9.17) is 0 Å². The van der Waals surface area contributed by atoms with E-state index in [9.17, 15) is 0 Å². The third-order valence-electron chi connectivity index (χ3n) is 0.747. The van der Waals surface area contributed by atoms with Gasteiger partial charge in [0.2, 0.25) is 0 Å². The minimum Gasteiger partial charge on any atom is -0.505 e. The number of hydrogen-bond acceptors (Lipinski definition) is 4. The fraction of sp³-hybridized carbons (Fsp3) is 0.400. The Morgan fingerprint density at radius 1 is 1.27 bits per heavy atom. The Bertz CT molecular complexity index is 169. The van der Waals surface area contributed by atoms with E-state index >= 15 is 0 Å². The summed E-state index contributed by atoms with van der Waals surface area (Å²) in [4.78, 5) is 10.8. The van der Waals surface area contributed by atoms with Gasteiger partial charge in [-0.2, -0.15) is 12.7 Å². The van der Waals surface area contributed by atoms with Gasteiger partial charge < -0.3 is 20.3 Å². The first kappa shape index (κ1) is 13.8. The van der Waals surface area contributed by atoms with Crippen LogP contribution in [0.5, 0.6) is 0 Å². The van der Waals surface area contributed by atoms with Crippen LogP contribution in [0.4, 0.5) is 5.95 Å². The molecule has 1 N–H and O–H groups in total. The van der Waals surface area contributed by atoms with Crippen LogP contribution in [0.25, 0.3) is 0 Å². The second-order valence-electron chi connectivity index (χ2n) is 1.39. The molecule has 0 bridgehead atoms. The maximum absolute atomic E-state index is 3.68. The van der Waals surface area contributed by atoms with Crippen molar-refractivity contribution in [3.05, 3.63) is 12.7 Å². The fourth-order valence-corrected chi connectivity index (χ4v) is 0.429. The molecular weight excluding hydrogens is 484 g/mol. The summed E-state index contributed by atoms with van der Waals surface area (Å²) in [6.45, 7) is 2.76. The van der Waals surface area contributed by atoms with Gasteiger partial charge in [0.05, 0.1) is 0 Å². The number of hydrogen-bond donors (Lipinski definition) is 1. The summed E-state index contributed by atoms with van der Waals surface area (Å²) in [7, 11) is 0. The minimum absolute atomic E-state index is 0. The molecule has 1 heterocycles. The van der Waals surface area contributed by atoms with E-state index in [1.54, 1.807) is 0 Å². The normalized spacial score (nSPS) is 7.36. The van der Waals surface area contributed by atoms with Gasteiger partial charge in [-0.3, -0.25) is 0 Å². The average Bonchev–Trinajstić information content (AvgIpc) is 1.91. The molecule has 1 aromatic heterocycles. The number of anilines is 1. The van der Waals surface area contributed by atoms with Crippen molar-refractivity contribution in [2.45, 2.75) is 6.92 Å². The van der Waals surface area contributed by atoms with Crippen LogP contribution in [0.2, 0.25) is 0 Å². The van der Waals surface area contributed by atoms with Crippen molar-refractivity contribution in [2.75, 3.05) is 11.9 Å². The molecule has 0 atom stereocenters. The largest absolute Gasteiger partial charge is 0.505 e. The standard InChI is InChI=1S/C5H6N4.2W/c1-2-7-5-8-3-6-4-9-5;;/h2H2,1H3,(H,6,7,8,9);;/q-2;;. The smallest absolute Gasteiger partial charge is 0 e. The molecule has 0 fully saturated rings. The third-order valence-corrected chi connectivity index (χ3v) is 0.747. The molecular formula is C5H6N4W2-2. The monoisotopic (exact) mass is 490 g/mol. The molecule has 1 rings (SSSR count). The number of nitrogens with one attached hydrogen (secondary N) is 1. The van der Waals surface area contributed by atoms with Crippen LogP contribution in [0.15, 0.2) is 0 Å². The zero-order valence-electron chi connectivity index (χ0n) is 5.87. The molecule has 1 aromatic rings. The Balaban J connectivity index is 0. The van der Waals surface area contributed by atoms with Gasteiger partial charge >= 0.3 is 0 Å². The first-order chi connectivity index (χ1) is 4.43. The minimum atomic E-state index is 0. The summed E-state index contributed by atoms with van der Waals surface area (Å²) in [5.74, 6) is 0.521. The van der Waals surface area contributed by atoms with Crippen molar-refractivity contribution in [1.29, 1.82) is 0 Å². The van der Waals surface area contributed by atoms with Crippen LogP contribution >= 0.6 is 0 Å². The van der Waals surface area contributed by atoms with Crippen LogP contribution in [-0.4, -0.2) is 21.5 Å². The van der Waals surface area contributed by atoms with E-state index in [0.717, 1.165) is 6.54 Å². The van der Waals surface area contributed by atoms with Crippen molar-refractivity contribution in [3.8, 4) is 0 Å². The Morgan fingerprint density at radius 2 is 1.82 bits per heavy atom. The zero-order chi connectivity index (χ0) is 6.53.